The molecule has 0 aliphatic carbocycles. The van der Waals surface area contributed by atoms with E-state index in [1.165, 1.54) is 0 Å². The van der Waals surface area contributed by atoms with E-state index < -0.39 is 76.8 Å². The van der Waals surface area contributed by atoms with Crippen LogP contribution in [0.4, 0.5) is 33.7 Å². The van der Waals surface area contributed by atoms with Crippen LogP contribution in [0.15, 0.2) is 54.7 Å². The SMILES string of the molecule is [2H]c1c([2H])c(Oc2ccnc(C(=O)NC([2H])([2H])[2H])c2)c([2H])c(F)c1NC(=O)Nc1ccc(Cl)c(C(F)(F)F)c1. The number of hydrogen-bond acceptors (Lipinski definition) is 4. The zero-order valence-corrected chi connectivity index (χ0v) is 16.8. The first-order valence-electron chi connectivity index (χ1n) is 11.7. The van der Waals surface area contributed by atoms with Gasteiger partial charge in [-0.2, -0.15) is 13.2 Å². The lowest BCUT2D eigenvalue weighted by atomic mass is 10.2. The largest absolute Gasteiger partial charge is 0.457 e. The molecule has 0 saturated heterocycles. The summed E-state index contributed by atoms with van der Waals surface area (Å²) in [4.78, 5) is 28.0. The van der Waals surface area contributed by atoms with Crippen molar-refractivity contribution in [3.63, 3.8) is 0 Å². The van der Waals surface area contributed by atoms with Gasteiger partial charge in [-0.1, -0.05) is 11.6 Å². The summed E-state index contributed by atoms with van der Waals surface area (Å²) >= 11 is 5.52. The molecule has 0 fully saturated rings. The molecule has 0 unspecified atom stereocenters. The van der Waals surface area contributed by atoms with E-state index in [2.05, 4.69) is 4.98 Å². The number of urea groups is 1. The molecular formula is C21H15ClF4N4O3. The fourth-order valence-corrected chi connectivity index (χ4v) is 2.61. The lowest BCUT2D eigenvalue weighted by Crippen LogP contribution is -2.20. The van der Waals surface area contributed by atoms with Crippen LogP contribution in [-0.4, -0.2) is 23.9 Å². The van der Waals surface area contributed by atoms with Crippen LogP contribution in [0.25, 0.3) is 0 Å². The first-order valence-corrected chi connectivity index (χ1v) is 9.06. The molecule has 2 aromatic carbocycles. The second kappa shape index (κ2) is 9.74. The number of nitrogens with one attached hydrogen (secondary N) is 3. The van der Waals surface area contributed by atoms with Crippen LogP contribution in [0.5, 0.6) is 11.5 Å². The van der Waals surface area contributed by atoms with Crippen LogP contribution >= 0.6 is 11.6 Å². The average Bonchev–Trinajstić information content (AvgIpc) is 2.83. The average molecular weight is 489 g/mol. The summed E-state index contributed by atoms with van der Waals surface area (Å²) in [5, 5.41) is 4.96. The summed E-state index contributed by atoms with van der Waals surface area (Å²) in [6.07, 6.45) is -3.78. The van der Waals surface area contributed by atoms with Crippen LogP contribution in [0.1, 0.15) is 24.3 Å². The molecule has 33 heavy (non-hydrogen) atoms. The van der Waals surface area contributed by atoms with Gasteiger partial charge in [-0.3, -0.25) is 9.78 Å². The standard InChI is InChI=1S/C21H15ClF4N4O3/c1-27-19(31)18-10-13(6-7-28-18)33-12-3-5-17(16(23)9-12)30-20(32)29-11-2-4-15(22)14(8-11)21(24,25)26/h2-10H,1H3,(H,27,31)(H2,29,30,32)/i1D3,3D,5D,9D. The van der Waals surface area contributed by atoms with Gasteiger partial charge in [-0.25, -0.2) is 9.18 Å². The molecule has 0 atom stereocenters. The molecule has 0 saturated carbocycles. The number of halogens is 5. The summed E-state index contributed by atoms with van der Waals surface area (Å²) in [5.74, 6) is -3.66. The minimum atomic E-state index is -4.82. The Labute approximate surface area is 198 Å². The van der Waals surface area contributed by atoms with E-state index in [-0.39, 0.29) is 11.4 Å². The van der Waals surface area contributed by atoms with Crippen LogP contribution in [0.2, 0.25) is 5.02 Å². The number of ether oxygens (including phenoxy) is 1. The van der Waals surface area contributed by atoms with Gasteiger partial charge < -0.3 is 20.7 Å². The smallest absolute Gasteiger partial charge is 0.417 e. The molecular weight excluding hydrogens is 468 g/mol. The molecule has 3 amide bonds. The van der Waals surface area contributed by atoms with Crippen molar-refractivity contribution in [3.8, 4) is 11.5 Å². The molecule has 0 aliphatic heterocycles. The van der Waals surface area contributed by atoms with Crippen molar-refractivity contribution in [2.75, 3.05) is 17.6 Å². The summed E-state index contributed by atoms with van der Waals surface area (Å²) < 4.78 is 105. The van der Waals surface area contributed by atoms with Crippen LogP contribution < -0.4 is 20.7 Å². The molecule has 3 N–H and O–H groups in total. The number of nitrogens with zero attached hydrogens (tertiary/aromatic N) is 1. The number of amides is 3. The zero-order chi connectivity index (χ0) is 29.3. The van der Waals surface area contributed by atoms with Crippen molar-refractivity contribution in [3.05, 3.63) is 76.8 Å². The Bertz CT molecular complexity index is 1430. The van der Waals surface area contributed by atoms with Crippen molar-refractivity contribution in [1.82, 2.24) is 10.3 Å². The third kappa shape index (κ3) is 6.10. The summed E-state index contributed by atoms with van der Waals surface area (Å²) in [6, 6.07) is 0.359. The fourth-order valence-electron chi connectivity index (χ4n) is 2.38. The van der Waals surface area contributed by atoms with E-state index >= 15 is 0 Å². The highest BCUT2D eigenvalue weighted by molar-refractivity contribution is 6.31. The maximum absolute atomic E-state index is 15.0. The number of rotatable bonds is 5. The normalized spacial score (nSPS) is 14.0. The predicted octanol–water partition coefficient (Wildman–Crippen LogP) is 5.69. The monoisotopic (exact) mass is 488 g/mol. The Hall–Kier alpha value is -3.86. The number of anilines is 2. The number of carbonyl (C=O) groups excluding carboxylic acids is 2. The number of alkyl halides is 3. The number of pyridine rings is 1. The minimum absolute atomic E-state index is 0.261. The number of hydrogen-bond donors (Lipinski definition) is 3. The van der Waals surface area contributed by atoms with Crippen LogP contribution in [-0.2, 0) is 6.18 Å². The fraction of sp³-hybridized carbons (Fsp3) is 0.0952. The minimum Gasteiger partial charge on any atom is -0.457 e. The van der Waals surface area contributed by atoms with Gasteiger partial charge in [0, 0.05) is 35.1 Å². The number of aromatic nitrogens is 1. The molecule has 0 aliphatic rings. The number of benzene rings is 2. The van der Waals surface area contributed by atoms with E-state index in [4.69, 9.17) is 24.6 Å². The Kier molecular flexibility index (Phi) is 4.94. The van der Waals surface area contributed by atoms with Crippen molar-refractivity contribution in [2.45, 2.75) is 6.18 Å². The highest BCUT2D eigenvalue weighted by Crippen LogP contribution is 2.36. The van der Waals surface area contributed by atoms with E-state index in [0.29, 0.717) is 6.07 Å². The first-order chi connectivity index (χ1) is 18.0. The molecule has 0 spiro atoms. The molecule has 3 rings (SSSR count). The zero-order valence-electron chi connectivity index (χ0n) is 22.0. The predicted molar refractivity (Wildman–Crippen MR) is 113 cm³/mol. The molecule has 0 radical (unpaired) electrons. The third-order valence-corrected chi connectivity index (χ3v) is 4.14. The van der Waals surface area contributed by atoms with Gasteiger partial charge in [0.15, 0.2) is 0 Å². The van der Waals surface area contributed by atoms with E-state index in [1.54, 1.807) is 5.32 Å². The molecule has 172 valence electrons. The van der Waals surface area contributed by atoms with Gasteiger partial charge in [0.05, 0.1) is 20.4 Å². The molecule has 7 nitrogen and oxygen atoms in total. The molecule has 12 heteroatoms. The van der Waals surface area contributed by atoms with Gasteiger partial charge in [0.2, 0.25) is 0 Å². The van der Waals surface area contributed by atoms with Gasteiger partial charge in [-0.05, 0) is 36.4 Å². The maximum atomic E-state index is 15.0. The van der Waals surface area contributed by atoms with Gasteiger partial charge in [-0.15, -0.1) is 0 Å². The Morgan fingerprint density at radius 1 is 1.15 bits per heavy atom. The molecule has 0 bridgehead atoms. The number of carbonyl (C=O) groups is 2. The molecule has 1 heterocycles. The van der Waals surface area contributed by atoms with Crippen LogP contribution in [0.3, 0.4) is 0 Å². The second-order valence-electron chi connectivity index (χ2n) is 6.10. The quantitative estimate of drug-likeness (QED) is 0.402. The van der Waals surface area contributed by atoms with E-state index in [0.717, 1.165) is 30.5 Å². The van der Waals surface area contributed by atoms with Gasteiger partial charge in [0.1, 0.15) is 23.0 Å². The second-order valence-corrected chi connectivity index (χ2v) is 6.50. The topological polar surface area (TPSA) is 92.3 Å². The Morgan fingerprint density at radius 2 is 1.94 bits per heavy atom. The Balaban J connectivity index is 1.85. The lowest BCUT2D eigenvalue weighted by Gasteiger charge is -2.13. The van der Waals surface area contributed by atoms with Gasteiger partial charge >= 0.3 is 12.2 Å². The maximum Gasteiger partial charge on any atom is 0.417 e. The summed E-state index contributed by atoms with van der Waals surface area (Å²) in [7, 11) is 0. The lowest BCUT2D eigenvalue weighted by molar-refractivity contribution is -0.137. The third-order valence-electron chi connectivity index (χ3n) is 3.81. The van der Waals surface area contributed by atoms with Crippen molar-refractivity contribution in [2.24, 2.45) is 0 Å². The molecule has 3 aromatic rings. The Morgan fingerprint density at radius 3 is 2.67 bits per heavy atom. The van der Waals surface area contributed by atoms with Crippen molar-refractivity contribution < 1.29 is 40.1 Å². The summed E-state index contributed by atoms with van der Waals surface area (Å²) in [5.41, 5.74) is -2.97. The van der Waals surface area contributed by atoms with Crippen LogP contribution in [0, 0.1) is 5.82 Å². The van der Waals surface area contributed by atoms with Crippen molar-refractivity contribution in [1.29, 1.82) is 0 Å². The molecule has 1 aromatic heterocycles. The summed E-state index contributed by atoms with van der Waals surface area (Å²) in [6.45, 7) is -2.81. The highest BCUT2D eigenvalue weighted by atomic mass is 35.5. The van der Waals surface area contributed by atoms with Gasteiger partial charge in [0.25, 0.3) is 5.91 Å². The first kappa shape index (κ1) is 16.7. The van der Waals surface area contributed by atoms with E-state index in [1.807, 2.05) is 10.6 Å². The van der Waals surface area contributed by atoms with Crippen molar-refractivity contribution >= 4 is 34.9 Å². The highest BCUT2D eigenvalue weighted by Gasteiger charge is 2.33. The van der Waals surface area contributed by atoms with E-state index in [9.17, 15) is 27.2 Å².